The molecule has 2 aliphatic rings. The third-order valence-electron chi connectivity index (χ3n) is 6.17. The number of ether oxygens (including phenoxy) is 2. The van der Waals surface area contributed by atoms with Crippen molar-refractivity contribution >= 4 is 34.8 Å². The molecule has 0 spiro atoms. The molecule has 2 fully saturated rings. The van der Waals surface area contributed by atoms with Crippen molar-refractivity contribution in [1.82, 2.24) is 19.5 Å². The number of anilines is 2. The Kier molecular flexibility index (Phi) is 6.46. The van der Waals surface area contributed by atoms with Gasteiger partial charge in [0.1, 0.15) is 16.6 Å². The smallest absolute Gasteiger partial charge is 0.410 e. The van der Waals surface area contributed by atoms with Crippen LogP contribution in [0.1, 0.15) is 20.8 Å². The number of nitrogens with zero attached hydrogens (tertiary/aromatic N) is 6. The SMILES string of the molecule is CC(C)(C)OC(=O)N1CCN(c2ccc(-c3cc4nc(Cl)cc(N5CCOCC5)n4n3)cc2)CC1. The Morgan fingerprint density at radius 3 is 2.31 bits per heavy atom. The Morgan fingerprint density at radius 2 is 1.66 bits per heavy atom. The zero-order chi connectivity index (χ0) is 24.6. The standard InChI is InChI=1S/C25H31ClN6O3/c1-25(2,3)35-24(33)31-10-8-29(9-11-31)19-6-4-18(5-7-19)20-16-22-27-21(26)17-23(32(22)28-20)30-12-14-34-15-13-30/h4-7,16-17H,8-15H2,1-3H3. The van der Waals surface area contributed by atoms with Gasteiger partial charge in [-0.3, -0.25) is 0 Å². The number of piperazine rings is 1. The third-order valence-corrected chi connectivity index (χ3v) is 6.37. The molecule has 0 unspecified atom stereocenters. The lowest BCUT2D eigenvalue weighted by Crippen LogP contribution is -2.50. The lowest BCUT2D eigenvalue weighted by atomic mass is 10.1. The monoisotopic (exact) mass is 498 g/mol. The third kappa shape index (κ3) is 5.31. The number of benzene rings is 1. The molecule has 0 aliphatic carbocycles. The van der Waals surface area contributed by atoms with Crippen molar-refractivity contribution < 1.29 is 14.3 Å². The quantitative estimate of drug-likeness (QED) is 0.506. The number of fused-ring (bicyclic) bond motifs is 1. The number of morpholine rings is 1. The van der Waals surface area contributed by atoms with E-state index in [4.69, 9.17) is 26.2 Å². The summed E-state index contributed by atoms with van der Waals surface area (Å²) in [6, 6.07) is 12.2. The first-order valence-corrected chi connectivity index (χ1v) is 12.4. The van der Waals surface area contributed by atoms with Gasteiger partial charge in [-0.05, 0) is 32.9 Å². The van der Waals surface area contributed by atoms with Crippen molar-refractivity contribution in [3.63, 3.8) is 0 Å². The summed E-state index contributed by atoms with van der Waals surface area (Å²) < 4.78 is 12.8. The summed E-state index contributed by atoms with van der Waals surface area (Å²) in [6.45, 7) is 11.4. The van der Waals surface area contributed by atoms with Crippen molar-refractivity contribution in [3.8, 4) is 11.3 Å². The Labute approximate surface area is 210 Å². The number of hydrogen-bond acceptors (Lipinski definition) is 7. The molecular weight excluding hydrogens is 468 g/mol. The van der Waals surface area contributed by atoms with Crippen molar-refractivity contribution in [3.05, 3.63) is 41.6 Å². The van der Waals surface area contributed by atoms with E-state index in [9.17, 15) is 4.79 Å². The maximum atomic E-state index is 12.3. The predicted molar refractivity (Wildman–Crippen MR) is 136 cm³/mol. The Morgan fingerprint density at radius 1 is 0.971 bits per heavy atom. The molecule has 0 N–H and O–H groups in total. The molecule has 5 rings (SSSR count). The fourth-order valence-corrected chi connectivity index (χ4v) is 4.59. The minimum atomic E-state index is -0.480. The lowest BCUT2D eigenvalue weighted by Gasteiger charge is -2.36. The first kappa shape index (κ1) is 23.7. The summed E-state index contributed by atoms with van der Waals surface area (Å²) in [5.74, 6) is 0.925. The zero-order valence-corrected chi connectivity index (χ0v) is 21.2. The normalized spacial score (nSPS) is 17.2. The highest BCUT2D eigenvalue weighted by Crippen LogP contribution is 2.27. The summed E-state index contributed by atoms with van der Waals surface area (Å²) in [4.78, 5) is 23.1. The number of hydrogen-bond donors (Lipinski definition) is 0. The highest BCUT2D eigenvalue weighted by atomic mass is 35.5. The van der Waals surface area contributed by atoms with Gasteiger partial charge in [-0.15, -0.1) is 0 Å². The number of carbonyl (C=O) groups is 1. The van der Waals surface area contributed by atoms with Crippen LogP contribution in [0.5, 0.6) is 0 Å². The fourth-order valence-electron chi connectivity index (χ4n) is 4.40. The summed E-state index contributed by atoms with van der Waals surface area (Å²) in [5.41, 5.74) is 3.21. The molecule has 0 radical (unpaired) electrons. The Bertz CT molecular complexity index is 1190. The van der Waals surface area contributed by atoms with Crippen LogP contribution in [-0.4, -0.2) is 83.7 Å². The highest BCUT2D eigenvalue weighted by molar-refractivity contribution is 6.29. The molecule has 2 saturated heterocycles. The van der Waals surface area contributed by atoms with E-state index in [1.165, 1.54) is 0 Å². The van der Waals surface area contributed by atoms with Crippen LogP contribution < -0.4 is 9.80 Å². The average molecular weight is 499 g/mol. The molecule has 0 saturated carbocycles. The van der Waals surface area contributed by atoms with E-state index in [1.807, 2.05) is 37.4 Å². The molecule has 2 aromatic heterocycles. The molecule has 0 atom stereocenters. The van der Waals surface area contributed by atoms with Gasteiger partial charge in [0.15, 0.2) is 5.65 Å². The van der Waals surface area contributed by atoms with E-state index in [0.717, 1.165) is 54.6 Å². The van der Waals surface area contributed by atoms with Gasteiger partial charge in [0.2, 0.25) is 0 Å². The van der Waals surface area contributed by atoms with Crippen LogP contribution >= 0.6 is 11.6 Å². The van der Waals surface area contributed by atoms with Crippen LogP contribution in [0.2, 0.25) is 5.15 Å². The summed E-state index contributed by atoms with van der Waals surface area (Å²) in [7, 11) is 0. The molecule has 3 aromatic rings. The number of carbonyl (C=O) groups excluding carboxylic acids is 1. The molecule has 2 aliphatic heterocycles. The number of halogens is 1. The molecule has 1 amide bonds. The lowest BCUT2D eigenvalue weighted by molar-refractivity contribution is 0.0240. The molecule has 9 nitrogen and oxygen atoms in total. The van der Waals surface area contributed by atoms with E-state index in [0.29, 0.717) is 31.5 Å². The second kappa shape index (κ2) is 9.54. The van der Waals surface area contributed by atoms with Gasteiger partial charge < -0.3 is 24.2 Å². The van der Waals surface area contributed by atoms with E-state index < -0.39 is 5.60 Å². The van der Waals surface area contributed by atoms with E-state index in [2.05, 4.69) is 39.0 Å². The van der Waals surface area contributed by atoms with Crippen molar-refractivity contribution in [2.24, 2.45) is 0 Å². The van der Waals surface area contributed by atoms with Gasteiger partial charge in [-0.1, -0.05) is 23.7 Å². The Balaban J connectivity index is 1.29. The maximum Gasteiger partial charge on any atom is 0.410 e. The fraction of sp³-hybridized carbons (Fsp3) is 0.480. The van der Waals surface area contributed by atoms with Crippen LogP contribution in [-0.2, 0) is 9.47 Å². The molecule has 35 heavy (non-hydrogen) atoms. The molecule has 186 valence electrons. The number of aromatic nitrogens is 3. The minimum Gasteiger partial charge on any atom is -0.444 e. The summed E-state index contributed by atoms with van der Waals surface area (Å²) in [6.07, 6.45) is -0.246. The molecule has 4 heterocycles. The summed E-state index contributed by atoms with van der Waals surface area (Å²) >= 11 is 6.32. The van der Waals surface area contributed by atoms with Gasteiger partial charge in [0, 0.05) is 62.7 Å². The highest BCUT2D eigenvalue weighted by Gasteiger charge is 2.26. The van der Waals surface area contributed by atoms with Gasteiger partial charge in [0.05, 0.1) is 18.9 Å². The average Bonchev–Trinajstić information content (AvgIpc) is 3.27. The molecular formula is C25H31ClN6O3. The van der Waals surface area contributed by atoms with Crippen LogP contribution in [0.15, 0.2) is 36.4 Å². The van der Waals surface area contributed by atoms with E-state index in [-0.39, 0.29) is 6.09 Å². The van der Waals surface area contributed by atoms with Gasteiger partial charge >= 0.3 is 6.09 Å². The van der Waals surface area contributed by atoms with Crippen molar-refractivity contribution in [2.75, 3.05) is 62.3 Å². The second-order valence-electron chi connectivity index (χ2n) is 9.84. The largest absolute Gasteiger partial charge is 0.444 e. The van der Waals surface area contributed by atoms with E-state index >= 15 is 0 Å². The van der Waals surface area contributed by atoms with Crippen LogP contribution in [0.4, 0.5) is 16.3 Å². The van der Waals surface area contributed by atoms with Crippen molar-refractivity contribution in [2.45, 2.75) is 26.4 Å². The molecule has 0 bridgehead atoms. The second-order valence-corrected chi connectivity index (χ2v) is 10.2. The predicted octanol–water partition coefficient (Wildman–Crippen LogP) is 3.94. The van der Waals surface area contributed by atoms with Gasteiger partial charge in [-0.2, -0.15) is 9.61 Å². The first-order chi connectivity index (χ1) is 16.8. The molecule has 1 aromatic carbocycles. The maximum absolute atomic E-state index is 12.3. The molecule has 10 heteroatoms. The van der Waals surface area contributed by atoms with Gasteiger partial charge in [-0.25, -0.2) is 9.78 Å². The first-order valence-electron chi connectivity index (χ1n) is 12.0. The zero-order valence-electron chi connectivity index (χ0n) is 20.4. The number of amides is 1. The van der Waals surface area contributed by atoms with Crippen molar-refractivity contribution in [1.29, 1.82) is 0 Å². The van der Waals surface area contributed by atoms with E-state index in [1.54, 1.807) is 4.90 Å². The minimum absolute atomic E-state index is 0.246. The van der Waals surface area contributed by atoms with Crippen LogP contribution in [0, 0.1) is 0 Å². The summed E-state index contributed by atoms with van der Waals surface area (Å²) in [5, 5.41) is 5.29. The number of rotatable bonds is 3. The topological polar surface area (TPSA) is 75.4 Å². The van der Waals surface area contributed by atoms with Crippen LogP contribution in [0.25, 0.3) is 16.9 Å². The van der Waals surface area contributed by atoms with Gasteiger partial charge in [0.25, 0.3) is 0 Å². The Hall–Kier alpha value is -3.04. The van der Waals surface area contributed by atoms with Crippen LogP contribution in [0.3, 0.4) is 0 Å².